The Bertz CT molecular complexity index is 476. The summed E-state index contributed by atoms with van der Waals surface area (Å²) < 4.78 is 5.90. The van der Waals surface area contributed by atoms with Crippen LogP contribution in [0.4, 0.5) is 5.69 Å². The number of ether oxygens (including phenoxy) is 1. The second kappa shape index (κ2) is 7.50. The largest absolute Gasteiger partial charge is 0.496 e. The molecule has 0 heterocycles. The molecule has 0 fully saturated rings. The molecule has 1 aromatic rings. The highest BCUT2D eigenvalue weighted by molar-refractivity contribution is 9.10. The van der Waals surface area contributed by atoms with Crippen molar-refractivity contribution in [3.05, 3.63) is 22.2 Å². The highest BCUT2D eigenvalue weighted by Crippen LogP contribution is 2.29. The number of rotatable bonds is 6. The summed E-state index contributed by atoms with van der Waals surface area (Å²) in [4.78, 5) is 14.5. The number of nitrogen functional groups attached to an aromatic ring is 1. The molecule has 0 radical (unpaired) electrons. The van der Waals surface area contributed by atoms with E-state index in [2.05, 4.69) is 40.0 Å². The molecule has 1 rings (SSSR count). The fourth-order valence-corrected chi connectivity index (χ4v) is 2.39. The lowest BCUT2D eigenvalue weighted by molar-refractivity contribution is 0.0872. The van der Waals surface area contributed by atoms with Gasteiger partial charge in [0.05, 0.1) is 18.8 Å². The van der Waals surface area contributed by atoms with Crippen LogP contribution in [0.25, 0.3) is 0 Å². The fourth-order valence-electron chi connectivity index (χ4n) is 2.05. The molecule has 0 saturated heterocycles. The summed E-state index contributed by atoms with van der Waals surface area (Å²) in [5.41, 5.74) is 6.79. The van der Waals surface area contributed by atoms with Crippen molar-refractivity contribution in [2.45, 2.75) is 26.9 Å². The third-order valence-electron chi connectivity index (χ3n) is 3.26. The van der Waals surface area contributed by atoms with E-state index in [1.807, 2.05) is 6.92 Å². The van der Waals surface area contributed by atoms with E-state index in [0.29, 0.717) is 21.5 Å². The molecule has 0 aliphatic carbocycles. The Morgan fingerprint density at radius 1 is 1.45 bits per heavy atom. The monoisotopic (exact) mass is 343 g/mol. The van der Waals surface area contributed by atoms with Gasteiger partial charge in [0.1, 0.15) is 5.75 Å². The van der Waals surface area contributed by atoms with Gasteiger partial charge in [-0.1, -0.05) is 13.8 Å². The molecule has 1 atom stereocenters. The summed E-state index contributed by atoms with van der Waals surface area (Å²) in [6.45, 7) is 7.84. The predicted molar refractivity (Wildman–Crippen MR) is 85.0 cm³/mol. The standard InChI is InChI=1S/C14H22BrN3O2/c1-5-18(6-2)9(3)17-14(19)10-7-11(15)12(16)8-13(10)20-4/h7-9H,5-6,16H2,1-4H3,(H,17,19). The molecule has 1 aromatic carbocycles. The number of amides is 1. The van der Waals surface area contributed by atoms with Crippen molar-refractivity contribution in [1.82, 2.24) is 10.2 Å². The lowest BCUT2D eigenvalue weighted by Gasteiger charge is -2.27. The maximum Gasteiger partial charge on any atom is 0.256 e. The highest BCUT2D eigenvalue weighted by atomic mass is 79.9. The first kappa shape index (κ1) is 16.8. The van der Waals surface area contributed by atoms with Crippen molar-refractivity contribution in [2.75, 3.05) is 25.9 Å². The van der Waals surface area contributed by atoms with E-state index >= 15 is 0 Å². The zero-order valence-electron chi connectivity index (χ0n) is 12.4. The zero-order chi connectivity index (χ0) is 15.3. The first-order valence-corrected chi connectivity index (χ1v) is 7.41. The molecule has 0 aromatic heterocycles. The molecule has 112 valence electrons. The lowest BCUT2D eigenvalue weighted by atomic mass is 10.1. The van der Waals surface area contributed by atoms with Crippen LogP contribution in [0, 0.1) is 0 Å². The van der Waals surface area contributed by atoms with Crippen molar-refractivity contribution in [3.63, 3.8) is 0 Å². The molecule has 0 bridgehead atoms. The van der Waals surface area contributed by atoms with Crippen LogP contribution >= 0.6 is 15.9 Å². The number of nitrogens with zero attached hydrogens (tertiary/aromatic N) is 1. The van der Waals surface area contributed by atoms with Gasteiger partial charge in [-0.05, 0) is 42.0 Å². The topological polar surface area (TPSA) is 67.6 Å². The number of nitrogens with one attached hydrogen (secondary N) is 1. The predicted octanol–water partition coefficient (Wildman–Crippen LogP) is 2.46. The SMILES string of the molecule is CCN(CC)C(C)NC(=O)c1cc(Br)c(N)cc1OC. The third kappa shape index (κ3) is 3.86. The minimum absolute atomic E-state index is 0.0430. The number of nitrogens with two attached hydrogens (primary N) is 1. The second-order valence-corrected chi connectivity index (χ2v) is 5.30. The van der Waals surface area contributed by atoms with E-state index in [4.69, 9.17) is 10.5 Å². The number of methoxy groups -OCH3 is 1. The first-order chi connectivity index (χ1) is 9.44. The molecule has 1 amide bonds. The maximum absolute atomic E-state index is 12.4. The van der Waals surface area contributed by atoms with Gasteiger partial charge in [-0.25, -0.2) is 0 Å². The average Bonchev–Trinajstić information content (AvgIpc) is 2.42. The van der Waals surface area contributed by atoms with Crippen molar-refractivity contribution in [1.29, 1.82) is 0 Å². The van der Waals surface area contributed by atoms with Crippen molar-refractivity contribution in [3.8, 4) is 5.75 Å². The zero-order valence-corrected chi connectivity index (χ0v) is 14.0. The van der Waals surface area contributed by atoms with Gasteiger partial charge < -0.3 is 15.8 Å². The molecule has 0 aliphatic heterocycles. The maximum atomic E-state index is 12.4. The summed E-state index contributed by atoms with van der Waals surface area (Å²) in [5.74, 6) is 0.289. The van der Waals surface area contributed by atoms with Crippen LogP contribution in [-0.2, 0) is 0 Å². The Kier molecular flexibility index (Phi) is 6.29. The normalized spacial score (nSPS) is 12.3. The molecule has 6 heteroatoms. The molecular weight excluding hydrogens is 322 g/mol. The molecule has 3 N–H and O–H groups in total. The van der Waals surface area contributed by atoms with Gasteiger partial charge in [-0.2, -0.15) is 0 Å². The van der Waals surface area contributed by atoms with E-state index in [-0.39, 0.29) is 12.1 Å². The minimum atomic E-state index is -0.179. The minimum Gasteiger partial charge on any atom is -0.496 e. The summed E-state index contributed by atoms with van der Waals surface area (Å²) in [6.07, 6.45) is -0.0430. The van der Waals surface area contributed by atoms with Crippen LogP contribution in [0.15, 0.2) is 16.6 Å². The van der Waals surface area contributed by atoms with Gasteiger partial charge in [0.25, 0.3) is 5.91 Å². The second-order valence-electron chi connectivity index (χ2n) is 4.44. The average molecular weight is 344 g/mol. The van der Waals surface area contributed by atoms with Crippen LogP contribution in [0.5, 0.6) is 5.75 Å². The Labute approximate surface area is 128 Å². The number of hydrogen-bond acceptors (Lipinski definition) is 4. The van der Waals surface area contributed by atoms with Gasteiger partial charge in [0.15, 0.2) is 0 Å². The van der Waals surface area contributed by atoms with Crippen molar-refractivity contribution in [2.24, 2.45) is 0 Å². The van der Waals surface area contributed by atoms with E-state index in [1.54, 1.807) is 12.1 Å². The van der Waals surface area contributed by atoms with Gasteiger partial charge in [0, 0.05) is 16.2 Å². The quantitative estimate of drug-likeness (QED) is 0.615. The van der Waals surface area contributed by atoms with Crippen LogP contribution < -0.4 is 15.8 Å². The van der Waals surface area contributed by atoms with E-state index < -0.39 is 0 Å². The van der Waals surface area contributed by atoms with Crippen LogP contribution in [0.3, 0.4) is 0 Å². The Morgan fingerprint density at radius 2 is 2.05 bits per heavy atom. The Balaban J connectivity index is 2.95. The van der Waals surface area contributed by atoms with E-state index in [0.717, 1.165) is 13.1 Å². The van der Waals surface area contributed by atoms with Gasteiger partial charge in [-0.15, -0.1) is 0 Å². The molecule has 1 unspecified atom stereocenters. The fraction of sp³-hybridized carbons (Fsp3) is 0.500. The molecule has 20 heavy (non-hydrogen) atoms. The number of hydrogen-bond donors (Lipinski definition) is 2. The van der Waals surface area contributed by atoms with Crippen LogP contribution in [0.1, 0.15) is 31.1 Å². The molecule has 0 spiro atoms. The first-order valence-electron chi connectivity index (χ1n) is 6.62. The summed E-state index contributed by atoms with van der Waals surface area (Å²) in [7, 11) is 1.52. The Morgan fingerprint density at radius 3 is 2.55 bits per heavy atom. The summed E-state index contributed by atoms with van der Waals surface area (Å²) >= 11 is 3.33. The Hall–Kier alpha value is -1.27. The number of carbonyl (C=O) groups excluding carboxylic acids is 1. The van der Waals surface area contributed by atoms with E-state index in [1.165, 1.54) is 7.11 Å². The number of anilines is 1. The summed E-state index contributed by atoms with van der Waals surface area (Å²) in [6, 6.07) is 3.32. The van der Waals surface area contributed by atoms with Crippen molar-refractivity contribution >= 4 is 27.5 Å². The van der Waals surface area contributed by atoms with Gasteiger partial charge in [0.2, 0.25) is 0 Å². The molecule has 0 saturated carbocycles. The lowest BCUT2D eigenvalue weighted by Crippen LogP contribution is -2.46. The smallest absolute Gasteiger partial charge is 0.256 e. The molecule has 0 aliphatic rings. The van der Waals surface area contributed by atoms with Gasteiger partial charge >= 0.3 is 0 Å². The summed E-state index contributed by atoms with van der Waals surface area (Å²) in [5, 5.41) is 2.96. The molecular formula is C14H22BrN3O2. The molecule has 5 nitrogen and oxygen atoms in total. The highest BCUT2D eigenvalue weighted by Gasteiger charge is 2.18. The van der Waals surface area contributed by atoms with Crippen molar-refractivity contribution < 1.29 is 9.53 Å². The number of carbonyl (C=O) groups is 1. The van der Waals surface area contributed by atoms with Crippen LogP contribution in [0.2, 0.25) is 0 Å². The number of halogens is 1. The third-order valence-corrected chi connectivity index (χ3v) is 3.95. The van der Waals surface area contributed by atoms with Gasteiger partial charge in [-0.3, -0.25) is 9.69 Å². The van der Waals surface area contributed by atoms with E-state index in [9.17, 15) is 4.79 Å². The number of benzene rings is 1. The van der Waals surface area contributed by atoms with Crippen LogP contribution in [-0.4, -0.2) is 37.2 Å².